The van der Waals surface area contributed by atoms with E-state index < -0.39 is 5.95 Å². The van der Waals surface area contributed by atoms with Gasteiger partial charge in [0.25, 0.3) is 5.91 Å². The number of aromatic nitrogens is 1. The minimum absolute atomic E-state index is 0.359. The molecule has 1 heterocycles. The summed E-state index contributed by atoms with van der Waals surface area (Å²) in [6.45, 7) is 0. The van der Waals surface area contributed by atoms with Crippen LogP contribution in [-0.4, -0.2) is 18.0 Å². The molecule has 0 aliphatic carbocycles. The summed E-state index contributed by atoms with van der Waals surface area (Å²) in [6.07, 6.45) is 1.24. The van der Waals surface area contributed by atoms with E-state index in [0.717, 1.165) is 6.07 Å². The normalized spacial score (nSPS) is 10.0. The van der Waals surface area contributed by atoms with Gasteiger partial charge in [0.05, 0.1) is 24.7 Å². The molecule has 98 valence electrons. The molecule has 0 atom stereocenters. The summed E-state index contributed by atoms with van der Waals surface area (Å²) in [7, 11) is 1.50. The zero-order valence-electron chi connectivity index (χ0n) is 10.2. The number of hydrogen-bond acceptors (Lipinski definition) is 4. The van der Waals surface area contributed by atoms with E-state index in [2.05, 4.69) is 10.3 Å². The van der Waals surface area contributed by atoms with Crippen molar-refractivity contribution in [3.63, 3.8) is 0 Å². The van der Waals surface area contributed by atoms with Gasteiger partial charge in [-0.05, 0) is 30.3 Å². The standard InChI is InChI=1S/C13H12FN3O2/c1-19-11-4-2-8(6-10(11)15)13(18)17-9-3-5-12(14)16-7-9/h2-7H,15H2,1H3,(H,17,18). The van der Waals surface area contributed by atoms with Crippen LogP contribution in [0.3, 0.4) is 0 Å². The van der Waals surface area contributed by atoms with Gasteiger partial charge in [-0.15, -0.1) is 0 Å². The Labute approximate surface area is 109 Å². The lowest BCUT2D eigenvalue weighted by atomic mass is 10.1. The van der Waals surface area contributed by atoms with Gasteiger partial charge >= 0.3 is 0 Å². The van der Waals surface area contributed by atoms with Gasteiger partial charge in [0.15, 0.2) is 0 Å². The quantitative estimate of drug-likeness (QED) is 0.655. The zero-order valence-corrected chi connectivity index (χ0v) is 10.2. The van der Waals surface area contributed by atoms with Crippen LogP contribution in [-0.2, 0) is 0 Å². The van der Waals surface area contributed by atoms with Gasteiger partial charge in [-0.3, -0.25) is 4.79 Å². The van der Waals surface area contributed by atoms with E-state index in [9.17, 15) is 9.18 Å². The maximum Gasteiger partial charge on any atom is 0.255 e. The Morgan fingerprint density at radius 2 is 2.16 bits per heavy atom. The molecule has 2 aromatic rings. The third-order valence-corrected chi connectivity index (χ3v) is 2.48. The molecular weight excluding hydrogens is 249 g/mol. The van der Waals surface area contributed by atoms with E-state index >= 15 is 0 Å². The van der Waals surface area contributed by atoms with Gasteiger partial charge in [0.1, 0.15) is 5.75 Å². The number of ether oxygens (including phenoxy) is 1. The van der Waals surface area contributed by atoms with Crippen LogP contribution >= 0.6 is 0 Å². The number of nitrogen functional groups attached to an aromatic ring is 1. The number of carbonyl (C=O) groups excluding carboxylic acids is 1. The highest BCUT2D eigenvalue weighted by atomic mass is 19.1. The van der Waals surface area contributed by atoms with E-state index in [0.29, 0.717) is 22.7 Å². The third kappa shape index (κ3) is 2.98. The van der Waals surface area contributed by atoms with E-state index in [4.69, 9.17) is 10.5 Å². The van der Waals surface area contributed by atoms with Gasteiger partial charge in [-0.2, -0.15) is 4.39 Å². The minimum Gasteiger partial charge on any atom is -0.495 e. The second-order valence-corrected chi connectivity index (χ2v) is 3.78. The number of rotatable bonds is 3. The predicted octanol–water partition coefficient (Wildman–Crippen LogP) is 2.06. The van der Waals surface area contributed by atoms with Crippen LogP contribution in [0.2, 0.25) is 0 Å². The minimum atomic E-state index is -0.605. The Morgan fingerprint density at radius 3 is 2.74 bits per heavy atom. The van der Waals surface area contributed by atoms with Crippen LogP contribution in [0.1, 0.15) is 10.4 Å². The zero-order chi connectivity index (χ0) is 13.8. The van der Waals surface area contributed by atoms with Crippen LogP contribution in [0.5, 0.6) is 5.75 Å². The number of anilines is 2. The first kappa shape index (κ1) is 12.8. The van der Waals surface area contributed by atoms with Crippen LogP contribution in [0.4, 0.5) is 15.8 Å². The Kier molecular flexibility index (Phi) is 3.61. The number of methoxy groups -OCH3 is 1. The molecule has 5 nitrogen and oxygen atoms in total. The smallest absolute Gasteiger partial charge is 0.255 e. The Morgan fingerprint density at radius 1 is 1.37 bits per heavy atom. The van der Waals surface area contributed by atoms with Crippen molar-refractivity contribution < 1.29 is 13.9 Å². The van der Waals surface area contributed by atoms with Crippen molar-refractivity contribution >= 4 is 17.3 Å². The molecule has 0 radical (unpaired) electrons. The van der Waals surface area contributed by atoms with Crippen LogP contribution in [0, 0.1) is 5.95 Å². The molecule has 3 N–H and O–H groups in total. The molecule has 0 saturated heterocycles. The molecule has 1 aromatic heterocycles. The number of nitrogens with two attached hydrogens (primary N) is 1. The number of halogens is 1. The van der Waals surface area contributed by atoms with Crippen LogP contribution in [0.25, 0.3) is 0 Å². The fourth-order valence-corrected chi connectivity index (χ4v) is 1.53. The summed E-state index contributed by atoms with van der Waals surface area (Å²) in [6, 6.07) is 7.28. The molecule has 1 amide bonds. The van der Waals surface area contributed by atoms with Crippen molar-refractivity contribution in [2.45, 2.75) is 0 Å². The number of amides is 1. The Hall–Kier alpha value is -2.63. The van der Waals surface area contributed by atoms with Crippen LogP contribution in [0.15, 0.2) is 36.5 Å². The largest absolute Gasteiger partial charge is 0.495 e. The first-order valence-corrected chi connectivity index (χ1v) is 5.46. The van der Waals surface area contributed by atoms with Crippen molar-refractivity contribution in [3.8, 4) is 5.75 Å². The van der Waals surface area contributed by atoms with Crippen molar-refractivity contribution in [1.29, 1.82) is 0 Å². The second-order valence-electron chi connectivity index (χ2n) is 3.78. The summed E-state index contributed by atoms with van der Waals surface area (Å²) >= 11 is 0. The summed E-state index contributed by atoms with van der Waals surface area (Å²) < 4.78 is 17.6. The van der Waals surface area contributed by atoms with E-state index in [-0.39, 0.29) is 5.91 Å². The number of carbonyl (C=O) groups is 1. The average molecular weight is 261 g/mol. The molecule has 1 aromatic carbocycles. The molecule has 0 aliphatic rings. The van der Waals surface area contributed by atoms with Crippen molar-refractivity contribution in [2.24, 2.45) is 0 Å². The topological polar surface area (TPSA) is 77.2 Å². The first-order valence-electron chi connectivity index (χ1n) is 5.46. The number of nitrogens with zero attached hydrogens (tertiary/aromatic N) is 1. The number of hydrogen-bond donors (Lipinski definition) is 2. The highest BCUT2D eigenvalue weighted by Gasteiger charge is 2.09. The summed E-state index contributed by atoms with van der Waals surface area (Å²) in [5.41, 5.74) is 6.86. The molecule has 0 aliphatic heterocycles. The maximum absolute atomic E-state index is 12.6. The lowest BCUT2D eigenvalue weighted by Crippen LogP contribution is -2.12. The van der Waals surface area contributed by atoms with Crippen molar-refractivity contribution in [2.75, 3.05) is 18.2 Å². The number of benzene rings is 1. The van der Waals surface area contributed by atoms with Gasteiger partial charge in [0.2, 0.25) is 5.95 Å². The summed E-state index contributed by atoms with van der Waals surface area (Å²) in [5.74, 6) is -0.463. The van der Waals surface area contributed by atoms with Gasteiger partial charge in [0, 0.05) is 5.56 Å². The monoisotopic (exact) mass is 261 g/mol. The predicted molar refractivity (Wildman–Crippen MR) is 69.6 cm³/mol. The third-order valence-electron chi connectivity index (χ3n) is 2.48. The number of nitrogens with one attached hydrogen (secondary N) is 1. The summed E-state index contributed by atoms with van der Waals surface area (Å²) in [4.78, 5) is 15.4. The van der Waals surface area contributed by atoms with E-state index in [1.54, 1.807) is 12.1 Å². The lowest BCUT2D eigenvalue weighted by molar-refractivity contribution is 0.102. The lowest BCUT2D eigenvalue weighted by Gasteiger charge is -2.08. The SMILES string of the molecule is COc1ccc(C(=O)Nc2ccc(F)nc2)cc1N. The highest BCUT2D eigenvalue weighted by Crippen LogP contribution is 2.22. The number of pyridine rings is 1. The van der Waals surface area contributed by atoms with Crippen molar-refractivity contribution in [3.05, 3.63) is 48.0 Å². The van der Waals surface area contributed by atoms with E-state index in [1.807, 2.05) is 0 Å². The second kappa shape index (κ2) is 5.34. The molecule has 2 rings (SSSR count). The molecular formula is C13H12FN3O2. The molecule has 0 spiro atoms. The summed E-state index contributed by atoms with van der Waals surface area (Å²) in [5, 5.41) is 2.59. The molecule has 0 saturated carbocycles. The van der Waals surface area contributed by atoms with Gasteiger partial charge in [-0.1, -0.05) is 0 Å². The van der Waals surface area contributed by atoms with Crippen LogP contribution < -0.4 is 15.8 Å². The molecule has 19 heavy (non-hydrogen) atoms. The maximum atomic E-state index is 12.6. The van der Waals surface area contributed by atoms with Crippen molar-refractivity contribution in [1.82, 2.24) is 4.98 Å². The fraction of sp³-hybridized carbons (Fsp3) is 0.0769. The Bertz CT molecular complexity index is 599. The average Bonchev–Trinajstić information content (AvgIpc) is 2.41. The van der Waals surface area contributed by atoms with E-state index in [1.165, 1.54) is 25.4 Å². The Balaban J connectivity index is 2.16. The van der Waals surface area contributed by atoms with Gasteiger partial charge in [-0.25, -0.2) is 4.98 Å². The highest BCUT2D eigenvalue weighted by molar-refractivity contribution is 6.04. The molecule has 6 heteroatoms. The molecule has 0 unspecified atom stereocenters. The molecule has 0 fully saturated rings. The van der Waals surface area contributed by atoms with Gasteiger partial charge < -0.3 is 15.8 Å². The fourth-order valence-electron chi connectivity index (χ4n) is 1.53. The first-order chi connectivity index (χ1) is 9.10. The molecule has 0 bridgehead atoms.